The van der Waals surface area contributed by atoms with Gasteiger partial charge >= 0.3 is 0 Å². The predicted octanol–water partition coefficient (Wildman–Crippen LogP) is 3.66. The average Bonchev–Trinajstić information content (AvgIpc) is 3.30. The van der Waals surface area contributed by atoms with E-state index >= 15 is 0 Å². The summed E-state index contributed by atoms with van der Waals surface area (Å²) in [5, 5.41) is 3.82. The summed E-state index contributed by atoms with van der Waals surface area (Å²) in [7, 11) is 2.21. The predicted molar refractivity (Wildman–Crippen MR) is 87.7 cm³/mol. The van der Waals surface area contributed by atoms with Gasteiger partial charge in [-0.25, -0.2) is 0 Å². The van der Waals surface area contributed by atoms with E-state index in [9.17, 15) is 0 Å². The highest BCUT2D eigenvalue weighted by Gasteiger charge is 2.40. The van der Waals surface area contributed by atoms with Crippen LogP contribution in [-0.4, -0.2) is 31.1 Å². The molecule has 20 heavy (non-hydrogen) atoms. The third-order valence-electron chi connectivity index (χ3n) is 4.53. The van der Waals surface area contributed by atoms with E-state index in [2.05, 4.69) is 57.5 Å². The number of nitrogens with one attached hydrogen (secondary N) is 1. The van der Waals surface area contributed by atoms with Gasteiger partial charge in [-0.05, 0) is 56.2 Å². The second-order valence-electron chi connectivity index (χ2n) is 6.48. The molecule has 2 aliphatic rings. The third kappa shape index (κ3) is 4.06. The SMILES string of the molecule is CN(CCNC(C1CC1)C1CC1)Cc1ccccc1Br. The lowest BCUT2D eigenvalue weighted by atomic mass is 10.1. The first-order valence-corrected chi connectivity index (χ1v) is 8.68. The number of likely N-dealkylation sites (N-methyl/N-ethyl adjacent to an activating group) is 1. The van der Waals surface area contributed by atoms with Crippen LogP contribution in [0.15, 0.2) is 28.7 Å². The maximum atomic E-state index is 3.82. The Morgan fingerprint density at radius 3 is 2.45 bits per heavy atom. The summed E-state index contributed by atoms with van der Waals surface area (Å²) in [6.07, 6.45) is 5.84. The topological polar surface area (TPSA) is 15.3 Å². The van der Waals surface area contributed by atoms with E-state index in [-0.39, 0.29) is 0 Å². The average molecular weight is 337 g/mol. The van der Waals surface area contributed by atoms with Gasteiger partial charge in [0.05, 0.1) is 0 Å². The molecule has 0 atom stereocenters. The maximum Gasteiger partial charge on any atom is 0.0242 e. The molecule has 110 valence electrons. The van der Waals surface area contributed by atoms with E-state index in [0.29, 0.717) is 0 Å². The van der Waals surface area contributed by atoms with Crippen molar-refractivity contribution in [3.05, 3.63) is 34.3 Å². The van der Waals surface area contributed by atoms with E-state index in [1.165, 1.54) is 35.7 Å². The second kappa shape index (κ2) is 6.59. The monoisotopic (exact) mass is 336 g/mol. The van der Waals surface area contributed by atoms with Gasteiger partial charge in [0.2, 0.25) is 0 Å². The summed E-state index contributed by atoms with van der Waals surface area (Å²) in [5.41, 5.74) is 1.37. The Balaban J connectivity index is 1.40. The van der Waals surface area contributed by atoms with Gasteiger partial charge < -0.3 is 10.2 Å². The molecule has 2 nitrogen and oxygen atoms in total. The van der Waals surface area contributed by atoms with Crippen LogP contribution in [0, 0.1) is 11.8 Å². The van der Waals surface area contributed by atoms with Crippen molar-refractivity contribution in [2.45, 2.75) is 38.3 Å². The molecule has 0 aromatic heterocycles. The van der Waals surface area contributed by atoms with E-state index in [4.69, 9.17) is 0 Å². The van der Waals surface area contributed by atoms with Gasteiger partial charge in [0.15, 0.2) is 0 Å². The summed E-state index contributed by atoms with van der Waals surface area (Å²) >= 11 is 3.63. The second-order valence-corrected chi connectivity index (χ2v) is 7.34. The summed E-state index contributed by atoms with van der Waals surface area (Å²) in [6, 6.07) is 9.34. The van der Waals surface area contributed by atoms with Gasteiger partial charge in [-0.15, -0.1) is 0 Å². The van der Waals surface area contributed by atoms with Crippen molar-refractivity contribution in [1.82, 2.24) is 10.2 Å². The van der Waals surface area contributed by atoms with Gasteiger partial charge in [0, 0.05) is 30.1 Å². The van der Waals surface area contributed by atoms with Gasteiger partial charge in [-0.1, -0.05) is 34.1 Å². The lowest BCUT2D eigenvalue weighted by Crippen LogP contribution is -2.38. The Kier molecular flexibility index (Phi) is 4.79. The first-order valence-electron chi connectivity index (χ1n) is 7.89. The molecule has 0 amide bonds. The van der Waals surface area contributed by atoms with E-state index in [1.807, 2.05) is 0 Å². The van der Waals surface area contributed by atoms with Crippen LogP contribution < -0.4 is 5.32 Å². The fourth-order valence-electron chi connectivity index (χ4n) is 3.05. The number of hydrogen-bond acceptors (Lipinski definition) is 2. The molecule has 1 N–H and O–H groups in total. The Bertz CT molecular complexity index is 428. The number of halogens is 1. The quantitative estimate of drug-likeness (QED) is 0.779. The van der Waals surface area contributed by atoms with Crippen molar-refractivity contribution in [1.29, 1.82) is 0 Å². The number of rotatable bonds is 8. The smallest absolute Gasteiger partial charge is 0.0242 e. The third-order valence-corrected chi connectivity index (χ3v) is 5.31. The Morgan fingerprint density at radius 2 is 1.85 bits per heavy atom. The molecule has 2 saturated carbocycles. The van der Waals surface area contributed by atoms with Crippen LogP contribution in [-0.2, 0) is 6.54 Å². The number of nitrogens with zero attached hydrogens (tertiary/aromatic N) is 1. The first-order chi connectivity index (χ1) is 9.74. The van der Waals surface area contributed by atoms with Crippen molar-refractivity contribution in [2.24, 2.45) is 11.8 Å². The van der Waals surface area contributed by atoms with Crippen LogP contribution in [0.25, 0.3) is 0 Å². The van der Waals surface area contributed by atoms with Crippen LogP contribution in [0.2, 0.25) is 0 Å². The highest BCUT2D eigenvalue weighted by molar-refractivity contribution is 9.10. The highest BCUT2D eigenvalue weighted by atomic mass is 79.9. The number of hydrogen-bond donors (Lipinski definition) is 1. The lowest BCUT2D eigenvalue weighted by molar-refractivity contribution is 0.305. The van der Waals surface area contributed by atoms with Crippen LogP contribution in [0.5, 0.6) is 0 Å². The normalized spacial score (nSPS) is 19.0. The molecule has 1 aromatic rings. The maximum absolute atomic E-state index is 3.82. The van der Waals surface area contributed by atoms with Gasteiger partial charge in [0.1, 0.15) is 0 Å². The highest BCUT2D eigenvalue weighted by Crippen LogP contribution is 2.44. The Morgan fingerprint density at radius 1 is 1.20 bits per heavy atom. The van der Waals surface area contributed by atoms with E-state index < -0.39 is 0 Å². The van der Waals surface area contributed by atoms with Crippen molar-refractivity contribution in [2.75, 3.05) is 20.1 Å². The zero-order chi connectivity index (χ0) is 13.9. The minimum absolute atomic E-state index is 0.826. The van der Waals surface area contributed by atoms with Gasteiger partial charge in [-0.2, -0.15) is 0 Å². The molecule has 0 spiro atoms. The molecule has 0 radical (unpaired) electrons. The van der Waals surface area contributed by atoms with Crippen LogP contribution in [0.1, 0.15) is 31.2 Å². The fourth-order valence-corrected chi connectivity index (χ4v) is 3.46. The molecule has 3 rings (SSSR count). The van der Waals surface area contributed by atoms with Crippen molar-refractivity contribution in [3.8, 4) is 0 Å². The molecule has 0 aliphatic heterocycles. The molecule has 3 heteroatoms. The fraction of sp³-hybridized carbons (Fsp3) is 0.647. The summed E-state index contributed by atoms with van der Waals surface area (Å²) in [6.45, 7) is 3.26. The zero-order valence-corrected chi connectivity index (χ0v) is 13.9. The Labute approximate surface area is 131 Å². The van der Waals surface area contributed by atoms with Crippen molar-refractivity contribution >= 4 is 15.9 Å². The van der Waals surface area contributed by atoms with E-state index in [1.54, 1.807) is 0 Å². The first kappa shape index (κ1) is 14.6. The Hall–Kier alpha value is -0.380. The van der Waals surface area contributed by atoms with Crippen molar-refractivity contribution < 1.29 is 0 Å². The summed E-state index contributed by atoms with van der Waals surface area (Å²) < 4.78 is 1.22. The summed E-state index contributed by atoms with van der Waals surface area (Å²) in [5.74, 6) is 1.99. The molecule has 0 saturated heterocycles. The van der Waals surface area contributed by atoms with Crippen LogP contribution >= 0.6 is 15.9 Å². The minimum Gasteiger partial charge on any atom is -0.312 e. The zero-order valence-electron chi connectivity index (χ0n) is 12.3. The lowest BCUT2D eigenvalue weighted by Gasteiger charge is -2.22. The molecule has 0 heterocycles. The molecule has 0 unspecified atom stereocenters. The molecular weight excluding hydrogens is 312 g/mol. The number of benzene rings is 1. The molecule has 0 bridgehead atoms. The largest absolute Gasteiger partial charge is 0.312 e. The molecular formula is C17H25BrN2. The standard InChI is InChI=1S/C17H25BrN2/c1-20(12-15-4-2-3-5-16(15)18)11-10-19-17(13-6-7-13)14-8-9-14/h2-5,13-14,17,19H,6-12H2,1H3. The minimum atomic E-state index is 0.826. The summed E-state index contributed by atoms with van der Waals surface area (Å²) in [4.78, 5) is 2.41. The van der Waals surface area contributed by atoms with E-state index in [0.717, 1.165) is 37.5 Å². The van der Waals surface area contributed by atoms with Crippen molar-refractivity contribution in [3.63, 3.8) is 0 Å². The van der Waals surface area contributed by atoms with Crippen LogP contribution in [0.4, 0.5) is 0 Å². The molecule has 1 aromatic carbocycles. The molecule has 2 fully saturated rings. The van der Waals surface area contributed by atoms with Crippen LogP contribution in [0.3, 0.4) is 0 Å². The van der Waals surface area contributed by atoms with Gasteiger partial charge in [-0.3, -0.25) is 0 Å². The molecule has 2 aliphatic carbocycles. The van der Waals surface area contributed by atoms with Gasteiger partial charge in [0.25, 0.3) is 0 Å².